The maximum atomic E-state index is 12.5. The highest BCUT2D eigenvalue weighted by Crippen LogP contribution is 2.46. The third-order valence-electron chi connectivity index (χ3n) is 6.88. The fourth-order valence-corrected chi connectivity index (χ4v) is 5.50. The summed E-state index contributed by atoms with van der Waals surface area (Å²) >= 11 is 0. The lowest BCUT2D eigenvalue weighted by Crippen LogP contribution is -2.36. The van der Waals surface area contributed by atoms with Crippen molar-refractivity contribution < 1.29 is 37.9 Å². The van der Waals surface area contributed by atoms with Crippen LogP contribution in [0.2, 0.25) is 0 Å². The molecule has 1 unspecified atom stereocenters. The van der Waals surface area contributed by atoms with E-state index in [9.17, 15) is 19.1 Å². The SMILES string of the molecule is O=C(Nc1ncnc2c1ncn2[C@@H]1O[C@H](COP(=O)(O)O)[C@H]2OC(c3ccccc3)O[C@H]21)NC1CCCC1. The second-order valence-corrected chi connectivity index (χ2v) is 10.7. The zero-order valence-electron chi connectivity index (χ0n) is 20.1. The van der Waals surface area contributed by atoms with Gasteiger partial charge in [0.1, 0.15) is 24.6 Å². The first-order chi connectivity index (χ1) is 18.4. The third kappa shape index (κ3) is 5.16. The lowest BCUT2D eigenvalue weighted by molar-refractivity contribution is -0.152. The molecule has 14 nitrogen and oxygen atoms in total. The summed E-state index contributed by atoms with van der Waals surface area (Å²) in [4.78, 5) is 43.9. The van der Waals surface area contributed by atoms with Gasteiger partial charge in [-0.25, -0.2) is 24.3 Å². The van der Waals surface area contributed by atoms with E-state index in [4.69, 9.17) is 18.7 Å². The summed E-state index contributed by atoms with van der Waals surface area (Å²) in [5, 5.41) is 5.71. The van der Waals surface area contributed by atoms with Gasteiger partial charge in [-0.2, -0.15) is 0 Å². The number of hydrogen-bond acceptors (Lipinski definition) is 9. The maximum Gasteiger partial charge on any atom is 0.469 e. The molecule has 202 valence electrons. The number of phosphoric acid groups is 1. The lowest BCUT2D eigenvalue weighted by Gasteiger charge is -2.21. The minimum atomic E-state index is -4.74. The Balaban J connectivity index is 1.26. The number of aromatic nitrogens is 4. The molecule has 5 atom stereocenters. The van der Waals surface area contributed by atoms with E-state index in [-0.39, 0.29) is 17.9 Å². The molecule has 2 aromatic heterocycles. The van der Waals surface area contributed by atoms with Crippen LogP contribution in [0.3, 0.4) is 0 Å². The number of rotatable bonds is 7. The van der Waals surface area contributed by atoms with Gasteiger partial charge in [0.25, 0.3) is 0 Å². The topological polar surface area (TPSA) is 179 Å². The van der Waals surface area contributed by atoms with Crippen molar-refractivity contribution in [1.82, 2.24) is 24.8 Å². The quantitative estimate of drug-likeness (QED) is 0.320. The second-order valence-electron chi connectivity index (χ2n) is 9.42. The molecule has 3 aromatic rings. The molecule has 2 amide bonds. The van der Waals surface area contributed by atoms with Gasteiger partial charge in [0.15, 0.2) is 29.5 Å². The van der Waals surface area contributed by atoms with Crippen LogP contribution in [0, 0.1) is 0 Å². The van der Waals surface area contributed by atoms with Crippen molar-refractivity contribution in [3.05, 3.63) is 48.5 Å². The van der Waals surface area contributed by atoms with Crippen molar-refractivity contribution in [3.63, 3.8) is 0 Å². The normalized spacial score (nSPS) is 27.6. The third-order valence-corrected chi connectivity index (χ3v) is 7.37. The standard InChI is InChI=1S/C23H27N6O8P/c30-23(27-14-8-4-5-9-14)28-19-16-20(25-11-24-19)29(12-26-16)21-18-17(15(35-21)10-34-38(31,32)33)36-22(37-18)13-6-2-1-3-7-13/h1-3,6-7,11-12,14-15,17-18,21-22H,4-5,8-10H2,(H2,31,32,33)(H2,24,25,27,28,30)/t15-,17-,18-,21-,22?/m1/s1. The average Bonchev–Trinajstić information content (AvgIpc) is 3.68. The molecule has 1 aliphatic carbocycles. The molecule has 0 radical (unpaired) electrons. The number of nitrogens with one attached hydrogen (secondary N) is 2. The van der Waals surface area contributed by atoms with Crippen LogP contribution in [0.4, 0.5) is 10.6 Å². The van der Waals surface area contributed by atoms with Crippen molar-refractivity contribution >= 4 is 30.8 Å². The Kier molecular flexibility index (Phi) is 6.86. The predicted octanol–water partition coefficient (Wildman–Crippen LogP) is 2.38. The Labute approximate surface area is 216 Å². The van der Waals surface area contributed by atoms with Crippen LogP contribution in [0.5, 0.6) is 0 Å². The van der Waals surface area contributed by atoms with Gasteiger partial charge in [-0.1, -0.05) is 43.2 Å². The lowest BCUT2D eigenvalue weighted by atomic mass is 10.1. The fourth-order valence-electron chi connectivity index (χ4n) is 5.16. The van der Waals surface area contributed by atoms with Crippen LogP contribution < -0.4 is 10.6 Å². The number of carbonyl (C=O) groups excluding carboxylic acids is 1. The number of carbonyl (C=O) groups is 1. The molecule has 0 bridgehead atoms. The largest absolute Gasteiger partial charge is 0.469 e. The van der Waals surface area contributed by atoms with Gasteiger partial charge in [-0.15, -0.1) is 0 Å². The van der Waals surface area contributed by atoms with E-state index in [1.54, 1.807) is 4.57 Å². The number of imidazole rings is 1. The molecular formula is C23H27N6O8P. The van der Waals surface area contributed by atoms with Gasteiger partial charge in [-0.05, 0) is 12.8 Å². The van der Waals surface area contributed by atoms with Gasteiger partial charge >= 0.3 is 13.9 Å². The Bertz CT molecular complexity index is 1350. The van der Waals surface area contributed by atoms with Gasteiger partial charge in [-0.3, -0.25) is 14.4 Å². The second kappa shape index (κ2) is 10.3. The first kappa shape index (κ1) is 25.3. The fraction of sp³-hybridized carbons (Fsp3) is 0.478. The minimum absolute atomic E-state index is 0.137. The molecule has 2 aliphatic heterocycles. The Morgan fingerprint density at radius 1 is 1.08 bits per heavy atom. The molecular weight excluding hydrogens is 519 g/mol. The van der Waals surface area contributed by atoms with E-state index >= 15 is 0 Å². The highest BCUT2D eigenvalue weighted by atomic mass is 31.2. The number of nitrogens with zero attached hydrogens (tertiary/aromatic N) is 4. The highest BCUT2D eigenvalue weighted by Gasteiger charge is 2.54. The van der Waals surface area contributed by atoms with E-state index in [1.807, 2.05) is 30.3 Å². The van der Waals surface area contributed by atoms with E-state index in [0.717, 1.165) is 31.2 Å². The predicted molar refractivity (Wildman–Crippen MR) is 131 cm³/mol. The van der Waals surface area contributed by atoms with Gasteiger partial charge in [0.2, 0.25) is 0 Å². The molecule has 15 heteroatoms. The van der Waals surface area contributed by atoms with Crippen LogP contribution in [-0.2, 0) is 23.3 Å². The van der Waals surface area contributed by atoms with Crippen LogP contribution in [0.15, 0.2) is 43.0 Å². The summed E-state index contributed by atoms with van der Waals surface area (Å²) in [7, 11) is -4.74. The van der Waals surface area contributed by atoms with Crippen LogP contribution >= 0.6 is 7.82 Å². The summed E-state index contributed by atoms with van der Waals surface area (Å²) < 4.78 is 36.2. The smallest absolute Gasteiger partial charge is 0.347 e. The minimum Gasteiger partial charge on any atom is -0.347 e. The van der Waals surface area contributed by atoms with E-state index in [1.165, 1.54) is 12.7 Å². The van der Waals surface area contributed by atoms with E-state index in [2.05, 4.69) is 25.6 Å². The number of phosphoric ester groups is 1. The maximum absolute atomic E-state index is 12.5. The number of anilines is 1. The van der Waals surface area contributed by atoms with Gasteiger partial charge in [0.05, 0.1) is 12.9 Å². The van der Waals surface area contributed by atoms with Gasteiger partial charge in [0, 0.05) is 11.6 Å². The Morgan fingerprint density at radius 2 is 1.84 bits per heavy atom. The average molecular weight is 546 g/mol. The molecule has 3 aliphatic rings. The number of fused-ring (bicyclic) bond motifs is 2. The number of benzene rings is 1. The number of ether oxygens (including phenoxy) is 3. The van der Waals surface area contributed by atoms with Gasteiger partial charge < -0.3 is 29.3 Å². The van der Waals surface area contributed by atoms with Crippen LogP contribution in [0.25, 0.3) is 11.2 Å². The Hall–Kier alpha value is -2.97. The summed E-state index contributed by atoms with van der Waals surface area (Å²) in [6, 6.07) is 9.08. The number of urea groups is 1. The summed E-state index contributed by atoms with van der Waals surface area (Å²) in [6.45, 7) is -0.414. The molecule has 4 heterocycles. The first-order valence-electron chi connectivity index (χ1n) is 12.3. The van der Waals surface area contributed by atoms with E-state index in [0.29, 0.717) is 11.2 Å². The number of hydrogen-bond donors (Lipinski definition) is 4. The van der Waals surface area contributed by atoms with Crippen molar-refractivity contribution in [2.75, 3.05) is 11.9 Å². The molecule has 2 saturated heterocycles. The molecule has 1 saturated carbocycles. The molecule has 1 aromatic carbocycles. The Morgan fingerprint density at radius 3 is 2.61 bits per heavy atom. The molecule has 38 heavy (non-hydrogen) atoms. The first-order valence-corrected chi connectivity index (χ1v) is 13.9. The zero-order chi connectivity index (χ0) is 26.3. The molecule has 4 N–H and O–H groups in total. The van der Waals surface area contributed by atoms with Crippen molar-refractivity contribution in [2.24, 2.45) is 0 Å². The molecule has 3 fully saturated rings. The molecule has 6 rings (SSSR count). The summed E-state index contributed by atoms with van der Waals surface area (Å²) in [5.74, 6) is 0.242. The summed E-state index contributed by atoms with van der Waals surface area (Å²) in [5.41, 5.74) is 1.51. The number of amides is 2. The highest BCUT2D eigenvalue weighted by molar-refractivity contribution is 7.46. The van der Waals surface area contributed by atoms with Crippen molar-refractivity contribution in [1.29, 1.82) is 0 Å². The van der Waals surface area contributed by atoms with E-state index < -0.39 is 45.3 Å². The zero-order valence-corrected chi connectivity index (χ0v) is 21.0. The summed E-state index contributed by atoms with van der Waals surface area (Å²) in [6.07, 6.45) is 3.16. The van der Waals surface area contributed by atoms with Crippen molar-refractivity contribution in [2.45, 2.75) is 62.6 Å². The van der Waals surface area contributed by atoms with Crippen molar-refractivity contribution in [3.8, 4) is 0 Å². The monoisotopic (exact) mass is 546 g/mol. The molecule has 0 spiro atoms. The van der Waals surface area contributed by atoms with Crippen LogP contribution in [0.1, 0.15) is 43.8 Å². The van der Waals surface area contributed by atoms with Crippen LogP contribution in [-0.4, -0.2) is 66.3 Å².